The molecule has 1 rings (SSSR count). The van der Waals surface area contributed by atoms with Gasteiger partial charge < -0.3 is 16.2 Å². The van der Waals surface area contributed by atoms with Gasteiger partial charge in [0, 0.05) is 18.7 Å². The van der Waals surface area contributed by atoms with Crippen molar-refractivity contribution in [2.75, 3.05) is 12.4 Å². The molecular weight excluding hydrogens is 238 g/mol. The SMILES string of the molecule is COC(C)CC(=O)Nc1nccs1.Cl.N. The molecule has 0 saturated heterocycles. The molecule has 0 saturated carbocycles. The number of nitrogens with one attached hydrogen (secondary N) is 1. The van der Waals surface area contributed by atoms with Crippen molar-refractivity contribution in [2.45, 2.75) is 19.4 Å². The first-order valence-corrected chi connectivity index (χ1v) is 4.82. The normalized spacial score (nSPS) is 10.8. The van der Waals surface area contributed by atoms with Crippen molar-refractivity contribution in [3.05, 3.63) is 11.6 Å². The van der Waals surface area contributed by atoms with Crippen LogP contribution in [0.5, 0.6) is 0 Å². The van der Waals surface area contributed by atoms with Crippen LogP contribution in [0.2, 0.25) is 0 Å². The lowest BCUT2D eigenvalue weighted by molar-refractivity contribution is -0.118. The van der Waals surface area contributed by atoms with Gasteiger partial charge in [0.25, 0.3) is 0 Å². The quantitative estimate of drug-likeness (QED) is 0.860. The number of thiazole rings is 1. The Morgan fingerprint density at radius 1 is 1.73 bits per heavy atom. The highest BCUT2D eigenvalue weighted by Gasteiger charge is 2.08. The van der Waals surface area contributed by atoms with Crippen molar-refractivity contribution < 1.29 is 9.53 Å². The lowest BCUT2D eigenvalue weighted by Crippen LogP contribution is -2.18. The van der Waals surface area contributed by atoms with Crippen LogP contribution in [-0.4, -0.2) is 24.1 Å². The van der Waals surface area contributed by atoms with Crippen LogP contribution in [0.4, 0.5) is 5.13 Å². The lowest BCUT2D eigenvalue weighted by Gasteiger charge is -2.07. The van der Waals surface area contributed by atoms with Crippen LogP contribution in [0.3, 0.4) is 0 Å². The largest absolute Gasteiger partial charge is 0.381 e. The minimum atomic E-state index is -0.0655. The number of methoxy groups -OCH3 is 1. The molecule has 0 aliphatic rings. The van der Waals surface area contributed by atoms with E-state index in [0.717, 1.165) is 0 Å². The Hall–Kier alpha value is -0.690. The van der Waals surface area contributed by atoms with Crippen LogP contribution in [0.15, 0.2) is 11.6 Å². The van der Waals surface area contributed by atoms with Gasteiger partial charge in [0.2, 0.25) is 5.91 Å². The summed E-state index contributed by atoms with van der Waals surface area (Å²) in [6, 6.07) is 0. The first-order chi connectivity index (χ1) is 6.22. The maximum atomic E-state index is 11.3. The van der Waals surface area contributed by atoms with Crippen LogP contribution >= 0.6 is 23.7 Å². The minimum Gasteiger partial charge on any atom is -0.381 e. The fraction of sp³-hybridized carbons (Fsp3) is 0.500. The molecule has 0 aliphatic heterocycles. The Kier molecular flexibility index (Phi) is 9.60. The van der Waals surface area contributed by atoms with Gasteiger partial charge in [0.15, 0.2) is 5.13 Å². The number of ether oxygens (including phenoxy) is 1. The van der Waals surface area contributed by atoms with E-state index in [1.165, 1.54) is 11.3 Å². The van der Waals surface area contributed by atoms with Crippen molar-refractivity contribution in [1.82, 2.24) is 11.1 Å². The third-order valence-electron chi connectivity index (χ3n) is 1.55. The average Bonchev–Trinajstić information content (AvgIpc) is 2.56. The van der Waals surface area contributed by atoms with E-state index in [1.54, 1.807) is 13.3 Å². The number of nitrogens with zero attached hydrogens (tertiary/aromatic N) is 1. The first kappa shape index (κ1) is 16.7. The number of rotatable bonds is 4. The molecule has 0 aliphatic carbocycles. The molecule has 0 spiro atoms. The molecule has 0 radical (unpaired) electrons. The zero-order valence-corrected chi connectivity index (χ0v) is 10.4. The third-order valence-corrected chi connectivity index (χ3v) is 2.24. The molecule has 5 nitrogen and oxygen atoms in total. The number of hydrogen-bond donors (Lipinski definition) is 2. The predicted molar refractivity (Wildman–Crippen MR) is 64.1 cm³/mol. The van der Waals surface area contributed by atoms with Gasteiger partial charge in [-0.05, 0) is 6.92 Å². The smallest absolute Gasteiger partial charge is 0.228 e. The molecule has 1 aromatic heterocycles. The van der Waals surface area contributed by atoms with Crippen LogP contribution < -0.4 is 11.5 Å². The Bertz CT molecular complexity index is 269. The summed E-state index contributed by atoms with van der Waals surface area (Å²) in [4.78, 5) is 15.2. The van der Waals surface area contributed by atoms with E-state index in [0.29, 0.717) is 11.6 Å². The standard InChI is InChI=1S/C8H12N2O2S.ClH.H3N/c1-6(12-2)5-7(11)10-8-9-3-4-13-8;;/h3-4,6H,5H2,1-2H3,(H,9,10,11);1H;1H3. The van der Waals surface area contributed by atoms with Crippen molar-refractivity contribution in [3.8, 4) is 0 Å². The van der Waals surface area contributed by atoms with E-state index >= 15 is 0 Å². The second-order valence-electron chi connectivity index (χ2n) is 2.64. The van der Waals surface area contributed by atoms with Crippen molar-refractivity contribution >= 4 is 34.8 Å². The summed E-state index contributed by atoms with van der Waals surface area (Å²) in [6.07, 6.45) is 1.95. The number of carbonyl (C=O) groups is 1. The van der Waals surface area contributed by atoms with Gasteiger partial charge in [0.05, 0.1) is 12.5 Å². The van der Waals surface area contributed by atoms with Crippen LogP contribution in [0.25, 0.3) is 0 Å². The number of anilines is 1. The molecule has 0 bridgehead atoms. The minimum absolute atomic E-state index is 0. The van der Waals surface area contributed by atoms with Gasteiger partial charge in [-0.1, -0.05) is 0 Å². The Morgan fingerprint density at radius 2 is 2.40 bits per heavy atom. The zero-order valence-electron chi connectivity index (χ0n) is 8.73. The molecule has 7 heteroatoms. The lowest BCUT2D eigenvalue weighted by atomic mass is 10.3. The highest BCUT2D eigenvalue weighted by Crippen LogP contribution is 2.10. The van der Waals surface area contributed by atoms with Crippen LogP contribution in [0.1, 0.15) is 13.3 Å². The molecule has 1 aromatic rings. The fourth-order valence-corrected chi connectivity index (χ4v) is 1.34. The van der Waals surface area contributed by atoms with E-state index in [4.69, 9.17) is 4.74 Å². The van der Waals surface area contributed by atoms with Gasteiger partial charge >= 0.3 is 0 Å². The molecule has 1 heterocycles. The number of amides is 1. The molecule has 1 amide bonds. The van der Waals surface area contributed by atoms with Crippen LogP contribution in [-0.2, 0) is 9.53 Å². The van der Waals surface area contributed by atoms with E-state index in [9.17, 15) is 4.79 Å². The molecule has 0 fully saturated rings. The van der Waals surface area contributed by atoms with E-state index in [-0.39, 0.29) is 30.6 Å². The Morgan fingerprint density at radius 3 is 2.87 bits per heavy atom. The number of carbonyl (C=O) groups excluding carboxylic acids is 1. The third kappa shape index (κ3) is 6.40. The van der Waals surface area contributed by atoms with E-state index < -0.39 is 0 Å². The molecule has 1 unspecified atom stereocenters. The summed E-state index contributed by atoms with van der Waals surface area (Å²) in [7, 11) is 1.58. The van der Waals surface area contributed by atoms with Crippen molar-refractivity contribution in [3.63, 3.8) is 0 Å². The summed E-state index contributed by atoms with van der Waals surface area (Å²) >= 11 is 1.40. The Balaban J connectivity index is 0. The predicted octanol–water partition coefficient (Wildman–Crippen LogP) is 2.09. The van der Waals surface area contributed by atoms with Gasteiger partial charge in [0.1, 0.15) is 0 Å². The number of halogens is 1. The topological polar surface area (TPSA) is 86.2 Å². The average molecular weight is 254 g/mol. The molecular formula is C8H16ClN3O2S. The summed E-state index contributed by atoms with van der Waals surface area (Å²) in [5.74, 6) is -0.0655. The first-order valence-electron chi connectivity index (χ1n) is 3.94. The highest BCUT2D eigenvalue weighted by molar-refractivity contribution is 7.13. The van der Waals surface area contributed by atoms with Gasteiger partial charge in [-0.2, -0.15) is 0 Å². The second kappa shape index (κ2) is 8.60. The van der Waals surface area contributed by atoms with E-state index in [2.05, 4.69) is 10.3 Å². The maximum absolute atomic E-state index is 11.3. The maximum Gasteiger partial charge on any atom is 0.228 e. The molecule has 1 atom stereocenters. The monoisotopic (exact) mass is 253 g/mol. The Labute approximate surface area is 99.2 Å². The second-order valence-corrected chi connectivity index (χ2v) is 3.53. The van der Waals surface area contributed by atoms with E-state index in [1.807, 2.05) is 12.3 Å². The zero-order chi connectivity index (χ0) is 9.68. The van der Waals surface area contributed by atoms with Crippen molar-refractivity contribution in [1.29, 1.82) is 0 Å². The van der Waals surface area contributed by atoms with Gasteiger partial charge in [-0.3, -0.25) is 4.79 Å². The summed E-state index contributed by atoms with van der Waals surface area (Å²) in [5, 5.41) is 5.12. The number of aromatic nitrogens is 1. The highest BCUT2D eigenvalue weighted by atomic mass is 35.5. The molecule has 4 N–H and O–H groups in total. The molecule has 0 aromatic carbocycles. The summed E-state index contributed by atoms with van der Waals surface area (Å²) in [5.41, 5.74) is 0. The van der Waals surface area contributed by atoms with Crippen molar-refractivity contribution in [2.24, 2.45) is 0 Å². The summed E-state index contributed by atoms with van der Waals surface area (Å²) in [6.45, 7) is 1.85. The fourth-order valence-electron chi connectivity index (χ4n) is 0.800. The summed E-state index contributed by atoms with van der Waals surface area (Å²) < 4.78 is 4.96. The number of hydrogen-bond acceptors (Lipinski definition) is 5. The molecule has 88 valence electrons. The van der Waals surface area contributed by atoms with Crippen LogP contribution in [0, 0.1) is 0 Å². The molecule has 15 heavy (non-hydrogen) atoms. The van der Waals surface area contributed by atoms with Gasteiger partial charge in [-0.15, -0.1) is 23.7 Å². The van der Waals surface area contributed by atoms with Gasteiger partial charge in [-0.25, -0.2) is 4.98 Å².